The second-order valence-electron chi connectivity index (χ2n) is 5.02. The molecule has 0 saturated heterocycles. The summed E-state index contributed by atoms with van der Waals surface area (Å²) < 4.78 is 32.1. The fraction of sp³-hybridized carbons (Fsp3) is 0.0625. The molecule has 1 aromatic heterocycles. The van der Waals surface area contributed by atoms with E-state index in [0.717, 1.165) is 30.0 Å². The highest BCUT2D eigenvalue weighted by atomic mass is 32.2. The van der Waals surface area contributed by atoms with Crippen molar-refractivity contribution in [3.63, 3.8) is 0 Å². The Bertz CT molecular complexity index is 993. The molecule has 0 spiro atoms. The fourth-order valence-electron chi connectivity index (χ4n) is 2.05. The number of benzene rings is 2. The number of rotatable bonds is 6. The Labute approximate surface area is 149 Å². The largest absolute Gasteiger partial charge is 0.411 e. The molecule has 0 unspecified atom stereocenters. The Kier molecular flexibility index (Phi) is 5.03. The summed E-state index contributed by atoms with van der Waals surface area (Å²) in [5.74, 6) is -2.37. The molecule has 132 valence electrons. The van der Waals surface area contributed by atoms with Crippen molar-refractivity contribution in [2.24, 2.45) is 0 Å². The van der Waals surface area contributed by atoms with Crippen molar-refractivity contribution in [1.82, 2.24) is 10.2 Å². The van der Waals surface area contributed by atoms with Crippen molar-refractivity contribution in [1.29, 1.82) is 0 Å². The molecule has 0 aliphatic carbocycles. The van der Waals surface area contributed by atoms with E-state index in [-0.39, 0.29) is 28.1 Å². The molecule has 0 fully saturated rings. The molecule has 0 N–H and O–H groups in total. The van der Waals surface area contributed by atoms with Gasteiger partial charge in [-0.3, -0.25) is 14.9 Å². The molecule has 0 bridgehead atoms. The number of nitro groups is 1. The molecule has 26 heavy (non-hydrogen) atoms. The van der Waals surface area contributed by atoms with Crippen LogP contribution in [0.1, 0.15) is 10.4 Å². The third kappa shape index (κ3) is 3.91. The standard InChI is InChI=1S/C16H9F2N3O4S/c17-10-4-5-13(18)12(7-10)14(22)8-26-16-20-19-15(25-16)9-2-1-3-11(6-9)21(23)24/h1-7H,8H2. The van der Waals surface area contributed by atoms with E-state index >= 15 is 0 Å². The topological polar surface area (TPSA) is 99.1 Å². The Hall–Kier alpha value is -3.14. The number of hydrogen-bond acceptors (Lipinski definition) is 7. The van der Waals surface area contributed by atoms with Crippen LogP contribution in [0.2, 0.25) is 0 Å². The number of ketones is 1. The lowest BCUT2D eigenvalue weighted by Crippen LogP contribution is -2.06. The molecule has 3 aromatic rings. The van der Waals surface area contributed by atoms with E-state index in [1.54, 1.807) is 6.07 Å². The molecule has 7 nitrogen and oxygen atoms in total. The van der Waals surface area contributed by atoms with E-state index in [9.17, 15) is 23.7 Å². The number of halogens is 2. The molecule has 10 heteroatoms. The van der Waals surface area contributed by atoms with Crippen LogP contribution in [0.3, 0.4) is 0 Å². The lowest BCUT2D eigenvalue weighted by molar-refractivity contribution is -0.384. The minimum absolute atomic E-state index is 0.0247. The van der Waals surface area contributed by atoms with E-state index in [1.165, 1.54) is 18.2 Å². The summed E-state index contributed by atoms with van der Waals surface area (Å²) >= 11 is 0.851. The van der Waals surface area contributed by atoms with Gasteiger partial charge >= 0.3 is 0 Å². The van der Waals surface area contributed by atoms with Crippen LogP contribution in [0.15, 0.2) is 52.1 Å². The number of nitro benzene ring substituents is 1. The molecule has 0 atom stereocenters. The van der Waals surface area contributed by atoms with Gasteiger partial charge in [0.15, 0.2) is 5.78 Å². The Morgan fingerprint density at radius 1 is 1.19 bits per heavy atom. The van der Waals surface area contributed by atoms with Crippen molar-refractivity contribution in [2.45, 2.75) is 5.22 Å². The van der Waals surface area contributed by atoms with Gasteiger partial charge in [0.1, 0.15) is 11.6 Å². The summed E-state index contributed by atoms with van der Waals surface area (Å²) in [5.41, 5.74) is -0.149. The molecule has 2 aromatic carbocycles. The van der Waals surface area contributed by atoms with Crippen molar-refractivity contribution >= 4 is 23.2 Å². The van der Waals surface area contributed by atoms with Crippen LogP contribution in [0.25, 0.3) is 11.5 Å². The summed E-state index contributed by atoms with van der Waals surface area (Å²) in [7, 11) is 0. The van der Waals surface area contributed by atoms with Crippen LogP contribution in [0.5, 0.6) is 0 Å². The SMILES string of the molecule is O=C(CSc1nnc(-c2cccc([N+](=O)[O-])c2)o1)c1cc(F)ccc1F. The van der Waals surface area contributed by atoms with Gasteiger partial charge in [-0.05, 0) is 24.3 Å². The van der Waals surface area contributed by atoms with Crippen LogP contribution >= 0.6 is 11.8 Å². The summed E-state index contributed by atoms with van der Waals surface area (Å²) in [6.07, 6.45) is 0. The van der Waals surface area contributed by atoms with Crippen LogP contribution < -0.4 is 0 Å². The lowest BCUT2D eigenvalue weighted by atomic mass is 10.1. The van der Waals surface area contributed by atoms with Gasteiger partial charge in [-0.25, -0.2) is 8.78 Å². The molecular formula is C16H9F2N3O4S. The smallest absolute Gasteiger partial charge is 0.277 e. The van der Waals surface area contributed by atoms with Crippen LogP contribution in [0, 0.1) is 21.7 Å². The van der Waals surface area contributed by atoms with Gasteiger partial charge in [-0.15, -0.1) is 10.2 Å². The molecule has 3 rings (SSSR count). The Morgan fingerprint density at radius 2 is 2.00 bits per heavy atom. The second kappa shape index (κ2) is 7.40. The zero-order chi connectivity index (χ0) is 18.7. The first kappa shape index (κ1) is 17.7. The third-order valence-electron chi connectivity index (χ3n) is 3.27. The highest BCUT2D eigenvalue weighted by molar-refractivity contribution is 7.99. The minimum Gasteiger partial charge on any atom is -0.411 e. The number of carbonyl (C=O) groups excluding carboxylic acids is 1. The van der Waals surface area contributed by atoms with Gasteiger partial charge in [0.2, 0.25) is 5.89 Å². The number of aromatic nitrogens is 2. The van der Waals surface area contributed by atoms with Gasteiger partial charge in [-0.1, -0.05) is 17.8 Å². The summed E-state index contributed by atoms with van der Waals surface area (Å²) in [6.45, 7) is 0. The van der Waals surface area contributed by atoms with E-state index in [2.05, 4.69) is 10.2 Å². The number of thioether (sulfide) groups is 1. The van der Waals surface area contributed by atoms with Crippen molar-refractivity contribution in [3.05, 3.63) is 69.8 Å². The highest BCUT2D eigenvalue weighted by Crippen LogP contribution is 2.26. The van der Waals surface area contributed by atoms with Crippen molar-refractivity contribution in [3.8, 4) is 11.5 Å². The maximum absolute atomic E-state index is 13.6. The lowest BCUT2D eigenvalue weighted by Gasteiger charge is -2.01. The molecular weight excluding hydrogens is 368 g/mol. The predicted octanol–water partition coefficient (Wildman–Crippen LogP) is 3.90. The van der Waals surface area contributed by atoms with E-state index in [4.69, 9.17) is 4.42 Å². The van der Waals surface area contributed by atoms with Crippen LogP contribution in [0.4, 0.5) is 14.5 Å². The van der Waals surface area contributed by atoms with E-state index in [0.29, 0.717) is 5.56 Å². The van der Waals surface area contributed by atoms with E-state index < -0.39 is 22.3 Å². The van der Waals surface area contributed by atoms with Gasteiger partial charge in [0.05, 0.1) is 16.2 Å². The van der Waals surface area contributed by atoms with Crippen LogP contribution in [-0.2, 0) is 0 Å². The zero-order valence-electron chi connectivity index (χ0n) is 12.9. The quantitative estimate of drug-likeness (QED) is 0.278. The predicted molar refractivity (Wildman–Crippen MR) is 87.8 cm³/mol. The second-order valence-corrected chi connectivity index (χ2v) is 5.94. The number of hydrogen-bond donors (Lipinski definition) is 0. The molecule has 1 heterocycles. The van der Waals surface area contributed by atoms with Gasteiger partial charge in [0, 0.05) is 17.7 Å². The minimum atomic E-state index is -0.820. The fourth-order valence-corrected chi connectivity index (χ4v) is 2.70. The number of nitrogens with zero attached hydrogens (tertiary/aromatic N) is 3. The zero-order valence-corrected chi connectivity index (χ0v) is 13.7. The normalized spacial score (nSPS) is 10.7. The van der Waals surface area contributed by atoms with Gasteiger partial charge < -0.3 is 4.42 Å². The van der Waals surface area contributed by atoms with Crippen LogP contribution in [-0.4, -0.2) is 26.7 Å². The van der Waals surface area contributed by atoms with Gasteiger partial charge in [0.25, 0.3) is 10.9 Å². The third-order valence-corrected chi connectivity index (χ3v) is 4.08. The monoisotopic (exact) mass is 377 g/mol. The molecule has 0 aliphatic rings. The van der Waals surface area contributed by atoms with E-state index in [1.807, 2.05) is 0 Å². The molecule has 0 radical (unpaired) electrons. The average Bonchev–Trinajstić information content (AvgIpc) is 3.11. The molecule has 0 aliphatic heterocycles. The highest BCUT2D eigenvalue weighted by Gasteiger charge is 2.17. The summed E-state index contributed by atoms with van der Waals surface area (Å²) in [5, 5.41) is 18.3. The molecule has 0 saturated carbocycles. The molecule has 0 amide bonds. The van der Waals surface area contributed by atoms with Crippen molar-refractivity contribution in [2.75, 3.05) is 5.75 Å². The number of non-ortho nitro benzene ring substituents is 1. The first-order valence-corrected chi connectivity index (χ1v) is 8.12. The Morgan fingerprint density at radius 3 is 2.77 bits per heavy atom. The first-order valence-electron chi connectivity index (χ1n) is 7.13. The number of carbonyl (C=O) groups is 1. The summed E-state index contributed by atoms with van der Waals surface area (Å²) in [4.78, 5) is 22.2. The summed E-state index contributed by atoms with van der Waals surface area (Å²) in [6, 6.07) is 8.24. The number of Topliss-reactive ketones (excluding diaryl/α,β-unsaturated/α-hetero) is 1. The first-order chi connectivity index (χ1) is 12.4. The van der Waals surface area contributed by atoms with Gasteiger partial charge in [-0.2, -0.15) is 0 Å². The van der Waals surface area contributed by atoms with Crippen molar-refractivity contribution < 1.29 is 22.9 Å². The Balaban J connectivity index is 1.71. The average molecular weight is 377 g/mol. The maximum Gasteiger partial charge on any atom is 0.277 e. The maximum atomic E-state index is 13.6.